The molecule has 2 aliphatic rings. The van der Waals surface area contributed by atoms with Gasteiger partial charge in [0.1, 0.15) is 24.3 Å². The Balaban J connectivity index is 1.26. The molecule has 1 fully saturated rings. The highest BCUT2D eigenvalue weighted by atomic mass is 16.6. The first-order valence-corrected chi connectivity index (χ1v) is 13.5. The van der Waals surface area contributed by atoms with E-state index in [1.807, 2.05) is 33.8 Å². The number of pyridine rings is 2. The fourth-order valence-electron chi connectivity index (χ4n) is 4.96. The topological polar surface area (TPSA) is 112 Å². The number of aryl methyl sites for hydroxylation is 1. The van der Waals surface area contributed by atoms with E-state index in [1.165, 1.54) is 0 Å². The number of hydrogen-bond acceptors (Lipinski definition) is 9. The van der Waals surface area contributed by atoms with E-state index in [0.29, 0.717) is 55.5 Å². The Labute approximate surface area is 227 Å². The summed E-state index contributed by atoms with van der Waals surface area (Å²) in [6.45, 7) is 11.6. The highest BCUT2D eigenvalue weighted by Crippen LogP contribution is 2.30. The second-order valence-electron chi connectivity index (χ2n) is 11.0. The van der Waals surface area contributed by atoms with Gasteiger partial charge in [-0.3, -0.25) is 24.2 Å². The summed E-state index contributed by atoms with van der Waals surface area (Å²) >= 11 is 0. The van der Waals surface area contributed by atoms with Crippen LogP contribution in [0.4, 0.5) is 4.79 Å². The van der Waals surface area contributed by atoms with Crippen LogP contribution in [0, 0.1) is 6.92 Å². The minimum absolute atomic E-state index is 0.0000973. The van der Waals surface area contributed by atoms with Crippen molar-refractivity contribution in [2.45, 2.75) is 65.3 Å². The molecule has 0 atom stereocenters. The third-order valence-electron chi connectivity index (χ3n) is 6.89. The number of amides is 1. The normalized spacial score (nSPS) is 16.3. The molecule has 1 saturated heterocycles. The van der Waals surface area contributed by atoms with Gasteiger partial charge in [-0.05, 0) is 46.6 Å². The first kappa shape index (κ1) is 26.9. The van der Waals surface area contributed by atoms with Crippen molar-refractivity contribution in [3.8, 4) is 11.5 Å². The Morgan fingerprint density at radius 2 is 1.82 bits per heavy atom. The number of likely N-dealkylation sites (tertiary alicyclic amines) is 1. The van der Waals surface area contributed by atoms with Crippen molar-refractivity contribution in [3.63, 3.8) is 0 Å². The quantitative estimate of drug-likeness (QED) is 0.469. The molecule has 5 heterocycles. The zero-order valence-electron chi connectivity index (χ0n) is 23.1. The average molecular weight is 537 g/mol. The Morgan fingerprint density at radius 3 is 2.56 bits per heavy atom. The summed E-state index contributed by atoms with van der Waals surface area (Å²) < 4.78 is 18.8. The summed E-state index contributed by atoms with van der Waals surface area (Å²) in [5, 5.41) is 0. The second kappa shape index (κ2) is 11.2. The Bertz CT molecular complexity index is 1390. The van der Waals surface area contributed by atoms with Crippen LogP contribution in [0.5, 0.6) is 11.5 Å². The lowest BCUT2D eigenvalue weighted by molar-refractivity contribution is 0.00529. The molecule has 5 rings (SSSR count). The minimum atomic E-state index is -0.608. The summed E-state index contributed by atoms with van der Waals surface area (Å²) in [5.74, 6) is 1.27. The number of fused-ring (bicyclic) bond motifs is 2. The van der Waals surface area contributed by atoms with Crippen molar-refractivity contribution in [2.24, 2.45) is 0 Å². The van der Waals surface area contributed by atoms with Crippen molar-refractivity contribution < 1.29 is 19.0 Å². The maximum absolute atomic E-state index is 13.3. The number of ether oxygens (including phenoxy) is 3. The van der Waals surface area contributed by atoms with Gasteiger partial charge < -0.3 is 19.1 Å². The van der Waals surface area contributed by atoms with Crippen LogP contribution in [0.25, 0.3) is 11.2 Å². The summed E-state index contributed by atoms with van der Waals surface area (Å²) in [4.78, 5) is 43.5. The highest BCUT2D eigenvalue weighted by molar-refractivity contribution is 5.70. The molecule has 0 saturated carbocycles. The molecule has 2 aliphatic heterocycles. The Kier molecular flexibility index (Phi) is 7.69. The molecule has 3 aromatic heterocycles. The van der Waals surface area contributed by atoms with Gasteiger partial charge in [-0.1, -0.05) is 0 Å². The van der Waals surface area contributed by atoms with Crippen molar-refractivity contribution in [1.29, 1.82) is 0 Å². The molecular formula is C28H36N6O5. The number of piperidine rings is 1. The van der Waals surface area contributed by atoms with Crippen LogP contribution in [0.2, 0.25) is 0 Å². The fraction of sp³-hybridized carbons (Fsp3) is 0.536. The van der Waals surface area contributed by atoms with Crippen molar-refractivity contribution in [1.82, 2.24) is 29.3 Å². The first-order valence-electron chi connectivity index (χ1n) is 13.5. The summed E-state index contributed by atoms with van der Waals surface area (Å²) in [5.41, 5.74) is 2.13. The van der Waals surface area contributed by atoms with Crippen LogP contribution in [-0.2, 0) is 17.8 Å². The van der Waals surface area contributed by atoms with Gasteiger partial charge in [0.15, 0.2) is 17.1 Å². The molecule has 208 valence electrons. The third-order valence-corrected chi connectivity index (χ3v) is 6.89. The Hall–Kier alpha value is -3.73. The number of carbonyl (C=O) groups is 1. The largest absolute Gasteiger partial charge is 0.486 e. The van der Waals surface area contributed by atoms with Crippen LogP contribution in [0.15, 0.2) is 35.4 Å². The van der Waals surface area contributed by atoms with E-state index in [-0.39, 0.29) is 17.7 Å². The molecule has 11 heteroatoms. The van der Waals surface area contributed by atoms with Crippen LogP contribution in [-0.4, -0.2) is 79.9 Å². The monoisotopic (exact) mass is 536 g/mol. The molecule has 39 heavy (non-hydrogen) atoms. The molecule has 3 aromatic rings. The van der Waals surface area contributed by atoms with E-state index in [0.717, 1.165) is 37.3 Å². The predicted molar refractivity (Wildman–Crippen MR) is 145 cm³/mol. The standard InChI is InChI=1S/C28H36N6O5/c1-19-16-30-22-5-6-25(35)33(26(22)31-19)12-11-32-9-7-21(8-10-32)34(27(36)39-28(2,3)4)18-20-15-23-24(17-29-20)38-14-13-37-23/h5-6,15-17,21H,7-14,18H2,1-4H3. The molecule has 1 amide bonds. The van der Waals surface area contributed by atoms with Gasteiger partial charge in [0.05, 0.1) is 24.1 Å². The van der Waals surface area contributed by atoms with Gasteiger partial charge in [-0.15, -0.1) is 0 Å². The van der Waals surface area contributed by atoms with Crippen LogP contribution >= 0.6 is 0 Å². The van der Waals surface area contributed by atoms with Gasteiger partial charge in [0, 0.05) is 50.6 Å². The molecule has 0 N–H and O–H groups in total. The van der Waals surface area contributed by atoms with Gasteiger partial charge in [0.25, 0.3) is 5.56 Å². The lowest BCUT2D eigenvalue weighted by atomic mass is 10.0. The summed E-state index contributed by atoms with van der Waals surface area (Å²) in [6.07, 6.45) is 4.58. The van der Waals surface area contributed by atoms with Crippen molar-refractivity contribution in [2.75, 3.05) is 32.8 Å². The van der Waals surface area contributed by atoms with E-state index >= 15 is 0 Å². The maximum Gasteiger partial charge on any atom is 0.410 e. The van der Waals surface area contributed by atoms with E-state index in [9.17, 15) is 9.59 Å². The van der Waals surface area contributed by atoms with E-state index in [4.69, 9.17) is 14.2 Å². The van der Waals surface area contributed by atoms with Crippen molar-refractivity contribution >= 4 is 17.3 Å². The predicted octanol–water partition coefficient (Wildman–Crippen LogP) is 3.17. The Morgan fingerprint density at radius 1 is 1.08 bits per heavy atom. The molecule has 0 spiro atoms. The van der Waals surface area contributed by atoms with E-state index in [1.54, 1.807) is 34.0 Å². The fourth-order valence-corrected chi connectivity index (χ4v) is 4.96. The number of nitrogens with zero attached hydrogens (tertiary/aromatic N) is 6. The zero-order chi connectivity index (χ0) is 27.6. The number of hydrogen-bond donors (Lipinski definition) is 0. The lowest BCUT2D eigenvalue weighted by Gasteiger charge is -2.39. The highest BCUT2D eigenvalue weighted by Gasteiger charge is 2.32. The van der Waals surface area contributed by atoms with Gasteiger partial charge >= 0.3 is 6.09 Å². The molecule has 0 aliphatic carbocycles. The number of rotatable bonds is 6. The summed E-state index contributed by atoms with van der Waals surface area (Å²) in [7, 11) is 0. The maximum atomic E-state index is 13.3. The van der Waals surface area contributed by atoms with Gasteiger partial charge in [-0.25, -0.2) is 9.78 Å². The molecule has 0 bridgehead atoms. The van der Waals surface area contributed by atoms with E-state index in [2.05, 4.69) is 19.9 Å². The molecule has 0 unspecified atom stereocenters. The smallest absolute Gasteiger partial charge is 0.410 e. The van der Waals surface area contributed by atoms with Gasteiger partial charge in [-0.2, -0.15) is 0 Å². The lowest BCUT2D eigenvalue weighted by Crippen LogP contribution is -2.49. The SMILES string of the molecule is Cc1cnc2ccc(=O)n(CCN3CCC(N(Cc4cc5c(cn4)OCCO5)C(=O)OC(C)(C)C)CC3)c2n1. The van der Waals surface area contributed by atoms with Crippen LogP contribution in [0.1, 0.15) is 45.0 Å². The molecular weight excluding hydrogens is 500 g/mol. The first-order chi connectivity index (χ1) is 18.7. The average Bonchev–Trinajstić information content (AvgIpc) is 2.90. The number of carbonyl (C=O) groups excluding carboxylic acids is 1. The zero-order valence-corrected chi connectivity index (χ0v) is 23.1. The van der Waals surface area contributed by atoms with Gasteiger partial charge in [0.2, 0.25) is 0 Å². The molecule has 0 radical (unpaired) electrons. The molecule has 11 nitrogen and oxygen atoms in total. The van der Waals surface area contributed by atoms with Crippen molar-refractivity contribution in [3.05, 3.63) is 52.3 Å². The van der Waals surface area contributed by atoms with Crippen LogP contribution in [0.3, 0.4) is 0 Å². The molecule has 0 aromatic carbocycles. The number of aromatic nitrogens is 4. The minimum Gasteiger partial charge on any atom is -0.486 e. The third kappa shape index (κ3) is 6.47. The summed E-state index contributed by atoms with van der Waals surface area (Å²) in [6, 6.07) is 5.10. The second-order valence-corrected chi connectivity index (χ2v) is 11.0. The van der Waals surface area contributed by atoms with E-state index < -0.39 is 5.60 Å². The van der Waals surface area contributed by atoms with Crippen LogP contribution < -0.4 is 15.0 Å².